The summed E-state index contributed by atoms with van der Waals surface area (Å²) in [6.45, 7) is 2.25. The Balaban J connectivity index is 2.39. The Morgan fingerprint density at radius 1 is 1.62 bits per heavy atom. The Bertz CT molecular complexity index is 345. The van der Waals surface area contributed by atoms with Crippen LogP contribution in [0.25, 0.3) is 0 Å². The van der Waals surface area contributed by atoms with E-state index in [4.69, 9.17) is 4.74 Å². The molecule has 1 rings (SSSR count). The maximum Gasteiger partial charge on any atom is 0.315 e. The first-order valence-electron chi connectivity index (χ1n) is 5.13. The molecule has 88 valence electrons. The molecule has 0 atom stereocenters. The Morgan fingerprint density at radius 2 is 2.44 bits per heavy atom. The van der Waals surface area contributed by atoms with E-state index in [1.165, 1.54) is 11.8 Å². The van der Waals surface area contributed by atoms with Crippen molar-refractivity contribution in [3.63, 3.8) is 0 Å². The number of carbonyl (C=O) groups is 1. The molecule has 0 bridgehead atoms. The molecular weight excluding hydrogens is 224 g/mol. The van der Waals surface area contributed by atoms with Gasteiger partial charge in [-0.3, -0.25) is 4.79 Å². The summed E-state index contributed by atoms with van der Waals surface area (Å²) in [5.74, 6) is 1.83. The molecule has 0 amide bonds. The Morgan fingerprint density at radius 3 is 3.12 bits per heavy atom. The number of ether oxygens (including phenoxy) is 1. The number of hydrogen-bond acceptors (Lipinski definition) is 5. The Hall–Kier alpha value is -1.23. The highest BCUT2D eigenvalue weighted by molar-refractivity contribution is 7.99. The van der Waals surface area contributed by atoms with E-state index in [9.17, 15) is 4.79 Å². The zero-order valence-electron chi connectivity index (χ0n) is 9.53. The lowest BCUT2D eigenvalue weighted by atomic mass is 10.3. The number of anilines is 1. The molecule has 0 aliphatic heterocycles. The molecule has 5 heteroatoms. The number of esters is 1. The number of aromatic nitrogens is 1. The molecule has 16 heavy (non-hydrogen) atoms. The van der Waals surface area contributed by atoms with Gasteiger partial charge in [-0.1, -0.05) is 6.07 Å². The van der Waals surface area contributed by atoms with Crippen LogP contribution in [0.5, 0.6) is 0 Å². The van der Waals surface area contributed by atoms with Crippen molar-refractivity contribution in [3.05, 3.63) is 23.9 Å². The molecule has 0 unspecified atom stereocenters. The van der Waals surface area contributed by atoms with E-state index in [2.05, 4.69) is 10.3 Å². The fourth-order valence-corrected chi connectivity index (χ4v) is 2.03. The van der Waals surface area contributed by atoms with E-state index in [0.717, 1.165) is 17.1 Å². The summed E-state index contributed by atoms with van der Waals surface area (Å²) < 4.78 is 4.85. The summed E-state index contributed by atoms with van der Waals surface area (Å²) in [6, 6.07) is 3.89. The molecule has 1 N–H and O–H groups in total. The molecule has 0 aliphatic rings. The minimum absolute atomic E-state index is 0.164. The van der Waals surface area contributed by atoms with Gasteiger partial charge in [-0.15, -0.1) is 11.8 Å². The number of rotatable bonds is 6. The maximum atomic E-state index is 11.1. The number of hydrogen-bond donors (Lipinski definition) is 1. The minimum atomic E-state index is -0.164. The molecule has 1 aromatic heterocycles. The second-order valence-corrected chi connectivity index (χ2v) is 4.04. The van der Waals surface area contributed by atoms with Gasteiger partial charge >= 0.3 is 5.97 Å². The summed E-state index contributed by atoms with van der Waals surface area (Å²) in [4.78, 5) is 15.3. The molecule has 4 nitrogen and oxygen atoms in total. The summed E-state index contributed by atoms with van der Waals surface area (Å²) >= 11 is 1.53. The largest absolute Gasteiger partial charge is 0.465 e. The SMILES string of the molecule is CCOC(=O)CSCc1cccnc1NC. The lowest BCUT2D eigenvalue weighted by Crippen LogP contribution is -2.07. The van der Waals surface area contributed by atoms with Crippen LogP contribution in [-0.4, -0.2) is 30.4 Å². The van der Waals surface area contributed by atoms with Gasteiger partial charge in [0.25, 0.3) is 0 Å². The van der Waals surface area contributed by atoms with Gasteiger partial charge in [-0.2, -0.15) is 0 Å². The number of thioether (sulfide) groups is 1. The molecule has 0 spiro atoms. The van der Waals surface area contributed by atoms with Gasteiger partial charge in [0.15, 0.2) is 0 Å². The molecule has 0 aliphatic carbocycles. The third-order valence-electron chi connectivity index (χ3n) is 1.91. The lowest BCUT2D eigenvalue weighted by Gasteiger charge is -2.06. The molecular formula is C11H16N2O2S. The van der Waals surface area contributed by atoms with Gasteiger partial charge in [0.1, 0.15) is 5.82 Å². The summed E-state index contributed by atoms with van der Waals surface area (Å²) in [5.41, 5.74) is 1.10. The number of nitrogens with one attached hydrogen (secondary N) is 1. The molecule has 0 saturated carbocycles. The van der Waals surface area contributed by atoms with Gasteiger partial charge < -0.3 is 10.1 Å². The quantitative estimate of drug-likeness (QED) is 0.770. The highest BCUT2D eigenvalue weighted by atomic mass is 32.2. The van der Waals surface area contributed by atoms with Crippen molar-refractivity contribution in [2.75, 3.05) is 24.7 Å². The first-order chi connectivity index (χ1) is 7.77. The molecule has 0 saturated heterocycles. The van der Waals surface area contributed by atoms with Crippen LogP contribution in [-0.2, 0) is 15.3 Å². The van der Waals surface area contributed by atoms with E-state index in [0.29, 0.717) is 12.4 Å². The van der Waals surface area contributed by atoms with Crippen molar-refractivity contribution >= 4 is 23.5 Å². The average molecular weight is 240 g/mol. The van der Waals surface area contributed by atoms with Crippen molar-refractivity contribution in [1.29, 1.82) is 0 Å². The first kappa shape index (κ1) is 12.8. The molecule has 0 fully saturated rings. The monoisotopic (exact) mass is 240 g/mol. The van der Waals surface area contributed by atoms with Crippen molar-refractivity contribution in [3.8, 4) is 0 Å². The van der Waals surface area contributed by atoms with Crippen LogP contribution >= 0.6 is 11.8 Å². The van der Waals surface area contributed by atoms with Crippen molar-refractivity contribution in [2.45, 2.75) is 12.7 Å². The third-order valence-corrected chi connectivity index (χ3v) is 2.87. The zero-order chi connectivity index (χ0) is 11.8. The Labute approximate surface area is 99.8 Å². The lowest BCUT2D eigenvalue weighted by molar-refractivity contribution is -0.139. The summed E-state index contributed by atoms with van der Waals surface area (Å²) in [5, 5.41) is 3.02. The molecule has 1 aromatic rings. The van der Waals surface area contributed by atoms with E-state index in [-0.39, 0.29) is 5.97 Å². The summed E-state index contributed by atoms with van der Waals surface area (Å²) in [7, 11) is 1.84. The minimum Gasteiger partial charge on any atom is -0.465 e. The number of carbonyl (C=O) groups excluding carboxylic acids is 1. The van der Waals surface area contributed by atoms with Crippen LogP contribution < -0.4 is 5.32 Å². The van der Waals surface area contributed by atoms with Crippen LogP contribution in [0.1, 0.15) is 12.5 Å². The number of nitrogens with zero attached hydrogens (tertiary/aromatic N) is 1. The highest BCUT2D eigenvalue weighted by Gasteiger charge is 2.04. The Kier molecular flexibility index (Phi) is 5.71. The molecule has 0 aromatic carbocycles. The summed E-state index contributed by atoms with van der Waals surface area (Å²) in [6.07, 6.45) is 1.74. The number of pyridine rings is 1. The van der Waals surface area contributed by atoms with Crippen molar-refractivity contribution < 1.29 is 9.53 Å². The van der Waals surface area contributed by atoms with E-state index < -0.39 is 0 Å². The van der Waals surface area contributed by atoms with Crippen LogP contribution in [0.15, 0.2) is 18.3 Å². The fraction of sp³-hybridized carbons (Fsp3) is 0.455. The van der Waals surface area contributed by atoms with Gasteiger partial charge in [-0.05, 0) is 13.0 Å². The highest BCUT2D eigenvalue weighted by Crippen LogP contribution is 2.18. The standard InChI is InChI=1S/C11H16N2O2S/c1-3-15-10(14)8-16-7-9-5-4-6-13-11(9)12-2/h4-6H,3,7-8H2,1-2H3,(H,12,13). The molecule has 0 radical (unpaired) electrons. The average Bonchev–Trinajstić information content (AvgIpc) is 2.30. The van der Waals surface area contributed by atoms with E-state index in [1.807, 2.05) is 26.1 Å². The molecule has 1 heterocycles. The van der Waals surface area contributed by atoms with Crippen LogP contribution in [0.3, 0.4) is 0 Å². The van der Waals surface area contributed by atoms with Crippen molar-refractivity contribution in [1.82, 2.24) is 4.98 Å². The van der Waals surface area contributed by atoms with Gasteiger partial charge in [0.05, 0.1) is 12.4 Å². The second kappa shape index (κ2) is 7.11. The fourth-order valence-electron chi connectivity index (χ4n) is 1.23. The van der Waals surface area contributed by atoms with Crippen LogP contribution in [0.2, 0.25) is 0 Å². The van der Waals surface area contributed by atoms with E-state index in [1.54, 1.807) is 6.20 Å². The topological polar surface area (TPSA) is 51.2 Å². The van der Waals surface area contributed by atoms with Crippen molar-refractivity contribution in [2.24, 2.45) is 0 Å². The smallest absolute Gasteiger partial charge is 0.315 e. The normalized spacial score (nSPS) is 9.88. The van der Waals surface area contributed by atoms with Gasteiger partial charge in [-0.25, -0.2) is 4.98 Å². The van der Waals surface area contributed by atoms with Gasteiger partial charge in [0.2, 0.25) is 0 Å². The van der Waals surface area contributed by atoms with Crippen LogP contribution in [0, 0.1) is 0 Å². The van der Waals surface area contributed by atoms with E-state index >= 15 is 0 Å². The first-order valence-corrected chi connectivity index (χ1v) is 6.28. The van der Waals surface area contributed by atoms with Crippen LogP contribution in [0.4, 0.5) is 5.82 Å². The second-order valence-electron chi connectivity index (χ2n) is 3.06. The maximum absolute atomic E-state index is 11.1. The predicted molar refractivity (Wildman–Crippen MR) is 66.6 cm³/mol. The van der Waals surface area contributed by atoms with Gasteiger partial charge in [0, 0.05) is 24.6 Å². The third kappa shape index (κ3) is 4.10. The zero-order valence-corrected chi connectivity index (χ0v) is 10.3. The predicted octanol–water partition coefficient (Wildman–Crippen LogP) is 1.92.